The number of aryl methyl sites for hydroxylation is 1. The molecule has 4 aromatic rings. The molecule has 0 N–H and O–H groups in total. The van der Waals surface area contributed by atoms with Crippen molar-refractivity contribution < 1.29 is 13.9 Å². The summed E-state index contributed by atoms with van der Waals surface area (Å²) in [4.78, 5) is 24.9. The van der Waals surface area contributed by atoms with Gasteiger partial charge in [0.2, 0.25) is 0 Å². The van der Waals surface area contributed by atoms with Crippen LogP contribution < -0.4 is 10.4 Å². The molecule has 0 fully saturated rings. The average Bonchev–Trinajstić information content (AvgIpc) is 2.71. The molecule has 0 amide bonds. The van der Waals surface area contributed by atoms with Gasteiger partial charge in [-0.1, -0.05) is 47.5 Å². The summed E-state index contributed by atoms with van der Waals surface area (Å²) in [6.07, 6.45) is 0.105. The molecule has 0 aliphatic heterocycles. The van der Waals surface area contributed by atoms with Crippen LogP contribution in [-0.4, -0.2) is 5.97 Å². The van der Waals surface area contributed by atoms with Crippen molar-refractivity contribution >= 4 is 40.1 Å². The van der Waals surface area contributed by atoms with Crippen molar-refractivity contribution in [1.82, 2.24) is 0 Å². The highest BCUT2D eigenvalue weighted by molar-refractivity contribution is 6.30. The van der Waals surface area contributed by atoms with Crippen molar-refractivity contribution in [2.45, 2.75) is 13.3 Å². The minimum absolute atomic E-state index is 0.105. The predicted octanol–water partition coefficient (Wildman–Crippen LogP) is 6.22. The molecule has 6 heteroatoms. The molecule has 0 unspecified atom stereocenters. The Labute approximate surface area is 182 Å². The molecule has 1 aromatic heterocycles. The minimum atomic E-state index is -0.466. The highest BCUT2D eigenvalue weighted by atomic mass is 35.5. The number of esters is 1. The van der Waals surface area contributed by atoms with Crippen LogP contribution in [0.15, 0.2) is 75.9 Å². The Bertz CT molecular complexity index is 1290. The van der Waals surface area contributed by atoms with Gasteiger partial charge in [0.15, 0.2) is 0 Å². The van der Waals surface area contributed by atoms with Crippen molar-refractivity contribution in [3.05, 3.63) is 98.3 Å². The lowest BCUT2D eigenvalue weighted by atomic mass is 10.00. The van der Waals surface area contributed by atoms with E-state index in [9.17, 15) is 9.59 Å². The second-order valence-corrected chi connectivity index (χ2v) is 7.70. The summed E-state index contributed by atoms with van der Waals surface area (Å²) in [5.41, 5.74) is 2.67. The maximum absolute atomic E-state index is 12.6. The van der Waals surface area contributed by atoms with Gasteiger partial charge < -0.3 is 9.15 Å². The van der Waals surface area contributed by atoms with E-state index >= 15 is 0 Å². The van der Waals surface area contributed by atoms with Gasteiger partial charge in [-0.3, -0.25) is 4.79 Å². The first-order valence-corrected chi connectivity index (χ1v) is 9.95. The molecule has 0 radical (unpaired) electrons. The molecule has 4 rings (SSSR count). The maximum Gasteiger partial charge on any atom is 0.344 e. The van der Waals surface area contributed by atoms with E-state index in [-0.39, 0.29) is 6.42 Å². The van der Waals surface area contributed by atoms with Gasteiger partial charge in [0.1, 0.15) is 11.3 Å². The molecule has 150 valence electrons. The molecular weight excluding hydrogens is 423 g/mol. The molecule has 1 heterocycles. The Morgan fingerprint density at radius 1 is 0.933 bits per heavy atom. The van der Waals surface area contributed by atoms with Gasteiger partial charge in [0.25, 0.3) is 0 Å². The van der Waals surface area contributed by atoms with Crippen LogP contribution in [0.4, 0.5) is 0 Å². The number of benzene rings is 3. The van der Waals surface area contributed by atoms with Crippen LogP contribution in [0.2, 0.25) is 10.0 Å². The van der Waals surface area contributed by atoms with Gasteiger partial charge in [-0.2, -0.15) is 0 Å². The van der Waals surface area contributed by atoms with Crippen LogP contribution in [-0.2, 0) is 11.2 Å². The number of carbonyl (C=O) groups is 1. The van der Waals surface area contributed by atoms with Gasteiger partial charge in [-0.15, -0.1) is 0 Å². The molecule has 0 saturated carbocycles. The molecule has 30 heavy (non-hydrogen) atoms. The normalized spacial score (nSPS) is 10.9. The zero-order valence-corrected chi connectivity index (χ0v) is 17.5. The lowest BCUT2D eigenvalue weighted by molar-refractivity contribution is -0.133. The van der Waals surface area contributed by atoms with E-state index in [1.165, 1.54) is 0 Å². The van der Waals surface area contributed by atoms with Crippen molar-refractivity contribution in [1.29, 1.82) is 0 Å². The Balaban J connectivity index is 1.62. The van der Waals surface area contributed by atoms with Crippen LogP contribution in [0.3, 0.4) is 0 Å². The van der Waals surface area contributed by atoms with Gasteiger partial charge in [-0.05, 0) is 60.0 Å². The van der Waals surface area contributed by atoms with Crippen molar-refractivity contribution in [3.63, 3.8) is 0 Å². The first kappa shape index (κ1) is 20.2. The van der Waals surface area contributed by atoms with Crippen LogP contribution in [0, 0.1) is 6.92 Å². The number of hydrogen-bond acceptors (Lipinski definition) is 4. The summed E-state index contributed by atoms with van der Waals surface area (Å²) >= 11 is 11.8. The lowest BCUT2D eigenvalue weighted by Crippen LogP contribution is -2.11. The van der Waals surface area contributed by atoms with Gasteiger partial charge in [0, 0.05) is 21.5 Å². The predicted molar refractivity (Wildman–Crippen MR) is 118 cm³/mol. The fourth-order valence-electron chi connectivity index (χ4n) is 3.29. The van der Waals surface area contributed by atoms with Crippen molar-refractivity contribution in [3.8, 4) is 16.9 Å². The third kappa shape index (κ3) is 4.25. The quantitative estimate of drug-likeness (QED) is 0.215. The van der Waals surface area contributed by atoms with Crippen LogP contribution >= 0.6 is 23.2 Å². The van der Waals surface area contributed by atoms with Crippen molar-refractivity contribution in [2.75, 3.05) is 0 Å². The summed E-state index contributed by atoms with van der Waals surface area (Å²) in [5.74, 6) is -0.114. The minimum Gasteiger partial charge on any atom is -0.426 e. The Morgan fingerprint density at radius 2 is 1.57 bits per heavy atom. The van der Waals surface area contributed by atoms with Crippen molar-refractivity contribution in [2.24, 2.45) is 0 Å². The Kier molecular flexibility index (Phi) is 5.62. The highest BCUT2D eigenvalue weighted by Crippen LogP contribution is 2.29. The van der Waals surface area contributed by atoms with Gasteiger partial charge >= 0.3 is 11.6 Å². The molecule has 0 aliphatic rings. The topological polar surface area (TPSA) is 56.5 Å². The molecule has 0 atom stereocenters. The first-order chi connectivity index (χ1) is 14.4. The first-order valence-electron chi connectivity index (χ1n) is 9.19. The van der Waals surface area contributed by atoms with Crippen LogP contribution in [0.5, 0.6) is 5.75 Å². The number of rotatable bonds is 4. The third-order valence-electron chi connectivity index (χ3n) is 4.77. The average molecular weight is 439 g/mol. The summed E-state index contributed by atoms with van der Waals surface area (Å²) < 4.78 is 10.9. The van der Waals surface area contributed by atoms with Crippen LogP contribution in [0.25, 0.3) is 22.1 Å². The van der Waals surface area contributed by atoms with E-state index in [0.29, 0.717) is 26.9 Å². The lowest BCUT2D eigenvalue weighted by Gasteiger charge is -2.10. The van der Waals surface area contributed by atoms with Gasteiger partial charge in [-0.25, -0.2) is 4.79 Å². The second-order valence-electron chi connectivity index (χ2n) is 6.83. The highest BCUT2D eigenvalue weighted by Gasteiger charge is 2.15. The molecule has 4 nitrogen and oxygen atoms in total. The van der Waals surface area contributed by atoms with E-state index in [0.717, 1.165) is 22.1 Å². The van der Waals surface area contributed by atoms with Crippen LogP contribution in [0.1, 0.15) is 11.1 Å². The zero-order valence-electron chi connectivity index (χ0n) is 15.9. The van der Waals surface area contributed by atoms with E-state index in [4.69, 9.17) is 32.4 Å². The number of fused-ring (bicyclic) bond motifs is 1. The van der Waals surface area contributed by atoms with E-state index in [2.05, 4.69) is 0 Å². The van der Waals surface area contributed by atoms with Gasteiger partial charge in [0.05, 0.1) is 12.0 Å². The van der Waals surface area contributed by atoms with E-state index < -0.39 is 11.6 Å². The summed E-state index contributed by atoms with van der Waals surface area (Å²) in [5, 5.41) is 1.95. The SMILES string of the molecule is Cc1c(-c2ccc(Cl)cc2)c(=O)oc2cc(OC(=O)Cc3ccc(Cl)cc3)ccc12. The summed E-state index contributed by atoms with van der Waals surface area (Å²) in [7, 11) is 0. The number of carbonyl (C=O) groups excluding carboxylic acids is 1. The summed E-state index contributed by atoms with van der Waals surface area (Å²) in [6, 6.07) is 19.0. The molecule has 0 bridgehead atoms. The van der Waals surface area contributed by atoms with E-state index in [1.54, 1.807) is 66.7 Å². The monoisotopic (exact) mass is 438 g/mol. The number of ether oxygens (including phenoxy) is 1. The molecular formula is C24H16Cl2O4. The fourth-order valence-corrected chi connectivity index (χ4v) is 3.54. The fraction of sp³-hybridized carbons (Fsp3) is 0.0833. The summed E-state index contributed by atoms with van der Waals surface area (Å²) in [6.45, 7) is 1.86. The number of hydrogen-bond donors (Lipinski definition) is 0. The standard InChI is InChI=1S/C24H16Cl2O4/c1-14-20-11-10-19(29-22(27)12-15-2-6-17(25)7-3-15)13-21(20)30-24(28)23(14)16-4-8-18(26)9-5-16/h2-11,13H,12H2,1H3. The largest absolute Gasteiger partial charge is 0.426 e. The number of halogens is 2. The second kappa shape index (κ2) is 8.34. The van der Waals surface area contributed by atoms with E-state index in [1.807, 2.05) is 6.92 Å². The Morgan fingerprint density at radius 3 is 2.23 bits per heavy atom. The smallest absolute Gasteiger partial charge is 0.344 e. The Hall–Kier alpha value is -3.08. The maximum atomic E-state index is 12.6. The molecule has 0 aliphatic carbocycles. The molecule has 3 aromatic carbocycles. The molecule has 0 saturated heterocycles. The third-order valence-corrected chi connectivity index (χ3v) is 5.27. The zero-order chi connectivity index (χ0) is 21.3. The molecule has 0 spiro atoms.